The molecule has 5 rings (SSSR count). The van der Waals surface area contributed by atoms with E-state index in [0.717, 1.165) is 5.56 Å². The Hall–Kier alpha value is -4.08. The number of hydrogen-bond donors (Lipinski definition) is 3. The van der Waals surface area contributed by atoms with E-state index in [9.17, 15) is 14.3 Å². The molecule has 0 fully saturated rings. The van der Waals surface area contributed by atoms with Crippen LogP contribution in [-0.4, -0.2) is 35.5 Å². The van der Waals surface area contributed by atoms with E-state index in [1.165, 1.54) is 16.8 Å². The number of nitrogens with one attached hydrogen (secondary N) is 2. The number of aromatic hydroxyl groups is 1. The average Bonchev–Trinajstić information content (AvgIpc) is 3.17. The fourth-order valence-corrected chi connectivity index (χ4v) is 3.33. The van der Waals surface area contributed by atoms with Crippen molar-refractivity contribution in [2.45, 2.75) is 6.04 Å². The van der Waals surface area contributed by atoms with Crippen molar-refractivity contribution < 1.29 is 9.50 Å². The molecule has 2 aromatic heterocycles. The van der Waals surface area contributed by atoms with Gasteiger partial charge < -0.3 is 10.4 Å². The predicted octanol–water partition coefficient (Wildman–Crippen LogP) is 1.96. The second-order valence-electron chi connectivity index (χ2n) is 6.26. The van der Waals surface area contributed by atoms with Crippen LogP contribution in [0.1, 0.15) is 17.2 Å². The lowest BCUT2D eigenvalue weighted by atomic mass is 9.92. The van der Waals surface area contributed by atoms with Gasteiger partial charge in [0, 0.05) is 11.1 Å². The average molecular weight is 377 g/mol. The lowest BCUT2D eigenvalue weighted by Crippen LogP contribution is -2.29. The highest BCUT2D eigenvalue weighted by molar-refractivity contribution is 5.75. The Bertz CT molecular complexity index is 1230. The van der Waals surface area contributed by atoms with Crippen molar-refractivity contribution in [1.29, 1.82) is 0 Å². The number of halogens is 1. The van der Waals surface area contributed by atoms with Gasteiger partial charge >= 0.3 is 0 Å². The largest absolute Gasteiger partial charge is 0.508 e. The summed E-state index contributed by atoms with van der Waals surface area (Å²) in [5.41, 5.74) is 2.19. The highest BCUT2D eigenvalue weighted by Gasteiger charge is 2.34. The maximum atomic E-state index is 13.4. The smallest absolute Gasteiger partial charge is 0.288 e. The van der Waals surface area contributed by atoms with Crippen molar-refractivity contribution in [2.75, 3.05) is 5.32 Å². The van der Waals surface area contributed by atoms with Gasteiger partial charge in [0.05, 0.1) is 5.69 Å². The number of aromatic amines is 1. The molecular weight excluding hydrogens is 365 g/mol. The molecule has 0 saturated carbocycles. The topological polar surface area (TPSA) is 122 Å². The minimum Gasteiger partial charge on any atom is -0.508 e. The zero-order chi connectivity index (χ0) is 19.3. The van der Waals surface area contributed by atoms with Crippen molar-refractivity contribution in [3.63, 3.8) is 0 Å². The van der Waals surface area contributed by atoms with Gasteiger partial charge in [0.15, 0.2) is 0 Å². The Morgan fingerprint density at radius 2 is 1.82 bits per heavy atom. The summed E-state index contributed by atoms with van der Waals surface area (Å²) in [6, 6.07) is 11.8. The number of rotatable bonds is 2. The Morgan fingerprint density at radius 1 is 1.07 bits per heavy atom. The van der Waals surface area contributed by atoms with Crippen molar-refractivity contribution >= 4 is 11.6 Å². The molecule has 0 unspecified atom stereocenters. The summed E-state index contributed by atoms with van der Waals surface area (Å²) in [5, 5.41) is 30.9. The second kappa shape index (κ2) is 5.98. The minimum absolute atomic E-state index is 0.109. The number of tetrazole rings is 1. The molecule has 3 heterocycles. The third-order valence-electron chi connectivity index (χ3n) is 4.59. The molecule has 0 spiro atoms. The summed E-state index contributed by atoms with van der Waals surface area (Å²) in [7, 11) is 0. The van der Waals surface area contributed by atoms with Gasteiger partial charge in [-0.25, -0.2) is 9.49 Å². The maximum absolute atomic E-state index is 13.4. The van der Waals surface area contributed by atoms with Crippen molar-refractivity contribution in [1.82, 2.24) is 30.4 Å². The van der Waals surface area contributed by atoms with E-state index in [0.29, 0.717) is 22.8 Å². The first kappa shape index (κ1) is 16.1. The zero-order valence-electron chi connectivity index (χ0n) is 14.2. The number of H-pyrrole nitrogens is 1. The summed E-state index contributed by atoms with van der Waals surface area (Å²) in [5.74, 6) is 0.0305. The molecule has 28 heavy (non-hydrogen) atoms. The van der Waals surface area contributed by atoms with Crippen LogP contribution in [-0.2, 0) is 0 Å². The summed E-state index contributed by atoms with van der Waals surface area (Å²) in [6.45, 7) is 0. The number of anilines is 2. The summed E-state index contributed by atoms with van der Waals surface area (Å²) < 4.78 is 14.9. The fourth-order valence-electron chi connectivity index (χ4n) is 3.33. The molecule has 1 atom stereocenters. The van der Waals surface area contributed by atoms with E-state index in [1.54, 1.807) is 36.4 Å². The molecule has 9 nitrogen and oxygen atoms in total. The number of nitrogens with zero attached hydrogens (tertiary/aromatic N) is 5. The van der Waals surface area contributed by atoms with Gasteiger partial charge in [-0.2, -0.15) is 9.78 Å². The van der Waals surface area contributed by atoms with E-state index < -0.39 is 11.6 Å². The Kier molecular flexibility index (Phi) is 3.44. The fraction of sp³-hybridized carbons (Fsp3) is 0.0556. The first-order valence-electron chi connectivity index (χ1n) is 8.34. The molecule has 1 aliphatic rings. The molecule has 138 valence electrons. The van der Waals surface area contributed by atoms with Crippen molar-refractivity contribution in [3.8, 4) is 17.0 Å². The number of benzene rings is 2. The summed E-state index contributed by atoms with van der Waals surface area (Å²) in [6.07, 6.45) is 0. The number of fused-ring (bicyclic) bond motifs is 2. The highest BCUT2D eigenvalue weighted by Crippen LogP contribution is 2.41. The first-order valence-corrected chi connectivity index (χ1v) is 8.34. The predicted molar refractivity (Wildman–Crippen MR) is 96.7 cm³/mol. The molecular formula is C18H12FN7O2. The van der Waals surface area contributed by atoms with Gasteiger partial charge in [0.1, 0.15) is 23.3 Å². The van der Waals surface area contributed by atoms with E-state index in [2.05, 4.69) is 31.0 Å². The summed E-state index contributed by atoms with van der Waals surface area (Å²) in [4.78, 5) is 12.5. The van der Waals surface area contributed by atoms with Gasteiger partial charge in [-0.1, -0.05) is 17.2 Å². The van der Waals surface area contributed by atoms with Crippen LogP contribution in [0.4, 0.5) is 16.0 Å². The van der Waals surface area contributed by atoms with Gasteiger partial charge in [0.25, 0.3) is 5.56 Å². The summed E-state index contributed by atoms with van der Waals surface area (Å²) >= 11 is 0. The van der Waals surface area contributed by atoms with Gasteiger partial charge in [-0.15, -0.1) is 0 Å². The number of hydrogen-bond acceptors (Lipinski definition) is 7. The molecule has 0 amide bonds. The highest BCUT2D eigenvalue weighted by atomic mass is 19.1. The molecule has 0 saturated heterocycles. The molecule has 2 aromatic carbocycles. The molecule has 3 N–H and O–H groups in total. The van der Waals surface area contributed by atoms with Crippen LogP contribution < -0.4 is 10.9 Å². The van der Waals surface area contributed by atoms with Gasteiger partial charge in [-0.3, -0.25) is 4.79 Å². The molecule has 0 bridgehead atoms. The minimum atomic E-state index is -0.572. The van der Waals surface area contributed by atoms with Crippen LogP contribution in [0.3, 0.4) is 0 Å². The van der Waals surface area contributed by atoms with Crippen LogP contribution in [0.25, 0.3) is 11.3 Å². The quantitative estimate of drug-likeness (QED) is 0.430. The van der Waals surface area contributed by atoms with E-state index in [-0.39, 0.29) is 17.3 Å². The number of phenolic OH excluding ortho intramolecular Hbond substituents is 1. The lowest BCUT2D eigenvalue weighted by molar-refractivity contribution is 0.474. The van der Waals surface area contributed by atoms with Crippen molar-refractivity contribution in [3.05, 3.63) is 75.8 Å². The van der Waals surface area contributed by atoms with E-state index in [4.69, 9.17) is 0 Å². The van der Waals surface area contributed by atoms with Crippen LogP contribution in [0.15, 0.2) is 53.3 Å². The Morgan fingerprint density at radius 3 is 2.57 bits per heavy atom. The third-order valence-corrected chi connectivity index (χ3v) is 4.59. The third kappa shape index (κ3) is 2.42. The van der Waals surface area contributed by atoms with Gasteiger partial charge in [0.2, 0.25) is 5.95 Å². The first-order chi connectivity index (χ1) is 13.6. The van der Waals surface area contributed by atoms with Crippen LogP contribution in [0.5, 0.6) is 5.75 Å². The second-order valence-corrected chi connectivity index (χ2v) is 6.26. The molecule has 0 aliphatic carbocycles. The van der Waals surface area contributed by atoms with Crippen LogP contribution >= 0.6 is 0 Å². The SMILES string of the molecule is O=c1[nH]nc(-c2ccc(F)cc2)c2c1Nc1nnnn1[C@@H]2c1ccc(O)cc1. The Balaban J connectivity index is 1.81. The molecule has 0 radical (unpaired) electrons. The van der Waals surface area contributed by atoms with Crippen molar-refractivity contribution in [2.24, 2.45) is 0 Å². The molecule has 1 aliphatic heterocycles. The number of aromatic nitrogens is 6. The zero-order valence-corrected chi connectivity index (χ0v) is 14.2. The van der Waals surface area contributed by atoms with Crippen LogP contribution in [0.2, 0.25) is 0 Å². The van der Waals surface area contributed by atoms with E-state index in [1.807, 2.05) is 0 Å². The molecule has 4 aromatic rings. The monoisotopic (exact) mass is 377 g/mol. The lowest BCUT2D eigenvalue weighted by Gasteiger charge is -2.27. The molecule has 10 heteroatoms. The van der Waals surface area contributed by atoms with E-state index >= 15 is 0 Å². The Labute approximate surface area is 156 Å². The maximum Gasteiger partial charge on any atom is 0.288 e. The normalized spacial score (nSPS) is 14.8. The van der Waals surface area contributed by atoms with Crippen LogP contribution in [0, 0.1) is 5.82 Å². The standard InChI is InChI=1S/C18H12FN7O2/c19-11-5-1-9(2-6-11)14-13-15(17(28)22-21-14)20-18-23-24-25-26(18)16(13)10-3-7-12(27)8-4-10/h1-8,16,27H,(H,22,28)(H,20,23,25)/t16-/m1/s1. The number of phenols is 1. The van der Waals surface area contributed by atoms with Gasteiger partial charge in [-0.05, 0) is 52.4 Å².